The molecule has 0 atom stereocenters. The zero-order valence-corrected chi connectivity index (χ0v) is 10.8. The number of carboxylic acids is 1. The standard InChI is InChI=1S/C12H13ClN4O2/c13-10-9(12(18)19)2-4-16-11(10)15-3-1-6-17-7-5-14-8-17/h2,4-5,7-8H,1,3,6H2,(H,15,16)(H,18,19). The predicted octanol–water partition coefficient (Wildman–Crippen LogP) is 2.13. The van der Waals surface area contributed by atoms with Crippen LogP contribution in [0.2, 0.25) is 5.02 Å². The minimum atomic E-state index is -1.06. The highest BCUT2D eigenvalue weighted by Gasteiger charge is 2.12. The molecule has 0 aliphatic heterocycles. The molecule has 0 radical (unpaired) electrons. The smallest absolute Gasteiger partial charge is 0.337 e. The Morgan fingerprint density at radius 2 is 2.32 bits per heavy atom. The van der Waals surface area contributed by atoms with Gasteiger partial charge in [0, 0.05) is 31.7 Å². The van der Waals surface area contributed by atoms with E-state index in [2.05, 4.69) is 15.3 Å². The Balaban J connectivity index is 1.89. The Morgan fingerprint density at radius 1 is 1.47 bits per heavy atom. The van der Waals surface area contributed by atoms with Crippen LogP contribution in [0.15, 0.2) is 31.0 Å². The maximum atomic E-state index is 10.9. The Kier molecular flexibility index (Phi) is 4.35. The fourth-order valence-electron chi connectivity index (χ4n) is 1.62. The quantitative estimate of drug-likeness (QED) is 0.793. The molecule has 0 saturated carbocycles. The summed E-state index contributed by atoms with van der Waals surface area (Å²) in [5, 5.41) is 12.1. The number of nitrogens with zero attached hydrogens (tertiary/aromatic N) is 3. The van der Waals surface area contributed by atoms with E-state index in [1.54, 1.807) is 12.5 Å². The molecule has 19 heavy (non-hydrogen) atoms. The summed E-state index contributed by atoms with van der Waals surface area (Å²) in [6.07, 6.45) is 7.63. The fraction of sp³-hybridized carbons (Fsp3) is 0.250. The van der Waals surface area contributed by atoms with Gasteiger partial charge in [-0.05, 0) is 12.5 Å². The van der Waals surface area contributed by atoms with Crippen molar-refractivity contribution in [2.45, 2.75) is 13.0 Å². The molecule has 2 heterocycles. The molecule has 2 N–H and O–H groups in total. The second kappa shape index (κ2) is 6.19. The number of anilines is 1. The minimum Gasteiger partial charge on any atom is -0.478 e. The lowest BCUT2D eigenvalue weighted by atomic mass is 10.2. The topological polar surface area (TPSA) is 80.0 Å². The van der Waals surface area contributed by atoms with Gasteiger partial charge in [-0.1, -0.05) is 11.6 Å². The summed E-state index contributed by atoms with van der Waals surface area (Å²) in [5.41, 5.74) is 0.0498. The Labute approximate surface area is 115 Å². The first kappa shape index (κ1) is 13.4. The average Bonchev–Trinajstić information content (AvgIpc) is 2.89. The van der Waals surface area contributed by atoms with Crippen LogP contribution in [-0.4, -0.2) is 32.2 Å². The van der Waals surface area contributed by atoms with Crippen LogP contribution in [0.3, 0.4) is 0 Å². The van der Waals surface area contributed by atoms with Crippen molar-refractivity contribution >= 4 is 23.4 Å². The summed E-state index contributed by atoms with van der Waals surface area (Å²) in [4.78, 5) is 18.9. The van der Waals surface area contributed by atoms with Gasteiger partial charge in [0.1, 0.15) is 5.82 Å². The number of imidazole rings is 1. The van der Waals surface area contributed by atoms with E-state index in [1.807, 2.05) is 10.8 Å². The zero-order valence-electron chi connectivity index (χ0n) is 10.1. The maximum absolute atomic E-state index is 10.9. The molecule has 0 aliphatic carbocycles. The van der Waals surface area contributed by atoms with E-state index >= 15 is 0 Å². The summed E-state index contributed by atoms with van der Waals surface area (Å²) in [6.45, 7) is 1.47. The highest BCUT2D eigenvalue weighted by molar-refractivity contribution is 6.35. The van der Waals surface area contributed by atoms with E-state index in [1.165, 1.54) is 12.3 Å². The van der Waals surface area contributed by atoms with E-state index < -0.39 is 5.97 Å². The van der Waals surface area contributed by atoms with Crippen molar-refractivity contribution in [1.82, 2.24) is 14.5 Å². The number of aromatic nitrogens is 3. The number of aromatic carboxylic acids is 1. The van der Waals surface area contributed by atoms with Gasteiger partial charge in [-0.25, -0.2) is 14.8 Å². The maximum Gasteiger partial charge on any atom is 0.337 e. The Morgan fingerprint density at radius 3 is 3.00 bits per heavy atom. The second-order valence-corrected chi connectivity index (χ2v) is 4.29. The first-order valence-electron chi connectivity index (χ1n) is 5.76. The summed E-state index contributed by atoms with van der Waals surface area (Å²) < 4.78 is 1.96. The second-order valence-electron chi connectivity index (χ2n) is 3.91. The number of carbonyl (C=O) groups is 1. The largest absolute Gasteiger partial charge is 0.478 e. The summed E-state index contributed by atoms with van der Waals surface area (Å²) >= 11 is 5.96. The van der Waals surface area contributed by atoms with Crippen molar-refractivity contribution in [3.8, 4) is 0 Å². The van der Waals surface area contributed by atoms with Crippen molar-refractivity contribution in [2.75, 3.05) is 11.9 Å². The predicted molar refractivity (Wildman–Crippen MR) is 71.5 cm³/mol. The molecule has 0 unspecified atom stereocenters. The third-order valence-electron chi connectivity index (χ3n) is 2.56. The van der Waals surface area contributed by atoms with E-state index in [4.69, 9.17) is 16.7 Å². The van der Waals surface area contributed by atoms with Crippen LogP contribution in [0, 0.1) is 0 Å². The zero-order chi connectivity index (χ0) is 13.7. The van der Waals surface area contributed by atoms with Crippen molar-refractivity contribution in [3.63, 3.8) is 0 Å². The van der Waals surface area contributed by atoms with Gasteiger partial charge in [0.05, 0.1) is 16.9 Å². The molecule has 0 fully saturated rings. The third kappa shape index (κ3) is 3.45. The van der Waals surface area contributed by atoms with Gasteiger partial charge < -0.3 is 15.0 Å². The van der Waals surface area contributed by atoms with Gasteiger partial charge >= 0.3 is 5.97 Å². The van der Waals surface area contributed by atoms with Crippen LogP contribution in [0.5, 0.6) is 0 Å². The van der Waals surface area contributed by atoms with Crippen molar-refractivity contribution in [3.05, 3.63) is 41.6 Å². The Bertz CT molecular complexity index is 557. The van der Waals surface area contributed by atoms with Gasteiger partial charge in [0.15, 0.2) is 0 Å². The van der Waals surface area contributed by atoms with E-state index in [9.17, 15) is 4.79 Å². The van der Waals surface area contributed by atoms with Gasteiger partial charge in [-0.2, -0.15) is 0 Å². The summed E-state index contributed by atoms with van der Waals surface area (Å²) in [7, 11) is 0. The first-order valence-corrected chi connectivity index (χ1v) is 6.13. The molecule has 0 saturated heterocycles. The summed E-state index contributed by atoms with van der Waals surface area (Å²) in [5.74, 6) is -0.666. The molecule has 0 aromatic carbocycles. The lowest BCUT2D eigenvalue weighted by molar-refractivity contribution is 0.0697. The average molecular weight is 281 g/mol. The molecule has 2 aromatic rings. The van der Waals surface area contributed by atoms with Crippen LogP contribution < -0.4 is 5.32 Å². The molecular formula is C12H13ClN4O2. The number of halogens is 1. The molecule has 0 spiro atoms. The number of rotatable bonds is 6. The van der Waals surface area contributed by atoms with E-state index in [0.29, 0.717) is 12.4 Å². The molecule has 6 nitrogen and oxygen atoms in total. The lowest BCUT2D eigenvalue weighted by Gasteiger charge is -2.09. The van der Waals surface area contributed by atoms with Crippen LogP contribution >= 0.6 is 11.6 Å². The normalized spacial score (nSPS) is 10.4. The highest BCUT2D eigenvalue weighted by Crippen LogP contribution is 2.23. The molecule has 2 rings (SSSR count). The summed E-state index contributed by atoms with van der Waals surface area (Å²) in [6, 6.07) is 1.38. The molecular weight excluding hydrogens is 268 g/mol. The molecule has 100 valence electrons. The molecule has 0 amide bonds. The highest BCUT2D eigenvalue weighted by atomic mass is 35.5. The van der Waals surface area contributed by atoms with Crippen molar-refractivity contribution in [1.29, 1.82) is 0 Å². The number of aryl methyl sites for hydroxylation is 1. The van der Waals surface area contributed by atoms with Crippen molar-refractivity contribution < 1.29 is 9.90 Å². The molecule has 0 aliphatic rings. The first-order chi connectivity index (χ1) is 9.18. The number of nitrogens with one attached hydrogen (secondary N) is 1. The third-order valence-corrected chi connectivity index (χ3v) is 2.95. The number of pyridine rings is 1. The molecule has 7 heteroatoms. The lowest BCUT2D eigenvalue weighted by Crippen LogP contribution is -2.09. The number of carboxylic acid groups (broad SMARTS) is 1. The molecule has 0 bridgehead atoms. The van der Waals surface area contributed by atoms with Crippen molar-refractivity contribution in [2.24, 2.45) is 0 Å². The van der Waals surface area contributed by atoms with E-state index in [0.717, 1.165) is 13.0 Å². The van der Waals surface area contributed by atoms with Crippen LogP contribution in [0.25, 0.3) is 0 Å². The molecule has 2 aromatic heterocycles. The number of hydrogen-bond acceptors (Lipinski definition) is 4. The van der Waals surface area contributed by atoms with Crippen LogP contribution in [0.4, 0.5) is 5.82 Å². The monoisotopic (exact) mass is 280 g/mol. The fourth-order valence-corrected chi connectivity index (χ4v) is 1.88. The SMILES string of the molecule is O=C(O)c1ccnc(NCCCn2ccnc2)c1Cl. The van der Waals surface area contributed by atoms with Gasteiger partial charge in [-0.3, -0.25) is 0 Å². The minimum absolute atomic E-state index is 0.0498. The van der Waals surface area contributed by atoms with Gasteiger partial charge in [0.25, 0.3) is 0 Å². The number of hydrogen-bond donors (Lipinski definition) is 2. The van der Waals surface area contributed by atoms with E-state index in [-0.39, 0.29) is 10.6 Å². The van der Waals surface area contributed by atoms with Gasteiger partial charge in [-0.15, -0.1) is 0 Å². The van der Waals surface area contributed by atoms with Crippen LogP contribution in [0.1, 0.15) is 16.8 Å². The Hall–Kier alpha value is -2.08. The van der Waals surface area contributed by atoms with Gasteiger partial charge in [0.2, 0.25) is 0 Å². The van der Waals surface area contributed by atoms with Crippen LogP contribution in [-0.2, 0) is 6.54 Å².